The van der Waals surface area contributed by atoms with Crippen molar-refractivity contribution in [1.29, 1.82) is 0 Å². The van der Waals surface area contributed by atoms with Crippen LogP contribution in [-0.4, -0.2) is 42.6 Å². The number of alkyl carbamates (subject to hydrolysis) is 1. The molecule has 0 aromatic carbocycles. The zero-order valence-corrected chi connectivity index (χ0v) is 13.7. The van der Waals surface area contributed by atoms with Gasteiger partial charge in [-0.2, -0.15) is 0 Å². The van der Waals surface area contributed by atoms with E-state index in [1.165, 1.54) is 6.42 Å². The van der Waals surface area contributed by atoms with E-state index in [2.05, 4.69) is 16.0 Å². The van der Waals surface area contributed by atoms with Crippen molar-refractivity contribution in [1.82, 2.24) is 16.0 Å². The smallest absolute Gasteiger partial charge is 0.408 e. The van der Waals surface area contributed by atoms with Gasteiger partial charge in [-0.25, -0.2) is 4.79 Å². The second kappa shape index (κ2) is 8.60. The van der Waals surface area contributed by atoms with Crippen LogP contribution in [0.1, 0.15) is 52.9 Å². The van der Waals surface area contributed by atoms with Gasteiger partial charge in [0.25, 0.3) is 0 Å². The van der Waals surface area contributed by atoms with E-state index < -0.39 is 17.6 Å². The van der Waals surface area contributed by atoms with Gasteiger partial charge in [-0.3, -0.25) is 9.59 Å². The highest BCUT2D eigenvalue weighted by atomic mass is 16.6. The zero-order chi connectivity index (χ0) is 16.6. The molecule has 126 valence electrons. The first kappa shape index (κ1) is 18.3. The first-order valence-corrected chi connectivity index (χ1v) is 7.79. The highest BCUT2D eigenvalue weighted by molar-refractivity contribution is 5.87. The van der Waals surface area contributed by atoms with Crippen molar-refractivity contribution in [2.24, 2.45) is 0 Å². The number of carbonyl (C=O) groups is 3. The monoisotopic (exact) mass is 313 g/mol. The summed E-state index contributed by atoms with van der Waals surface area (Å²) in [5.41, 5.74) is -0.611. The Bertz CT molecular complexity index is 398. The van der Waals surface area contributed by atoms with Crippen LogP contribution in [-0.2, 0) is 14.3 Å². The molecule has 7 heteroatoms. The number of hydrogen-bond donors (Lipinski definition) is 3. The van der Waals surface area contributed by atoms with Crippen LogP contribution < -0.4 is 16.0 Å². The Morgan fingerprint density at radius 1 is 0.955 bits per heavy atom. The molecule has 3 N–H and O–H groups in total. The molecule has 0 unspecified atom stereocenters. The summed E-state index contributed by atoms with van der Waals surface area (Å²) in [4.78, 5) is 34.6. The second-order valence-corrected chi connectivity index (χ2v) is 6.53. The summed E-state index contributed by atoms with van der Waals surface area (Å²) in [5.74, 6) is -0.623. The Morgan fingerprint density at radius 2 is 1.55 bits per heavy atom. The van der Waals surface area contributed by atoms with Gasteiger partial charge in [0.05, 0.1) is 6.54 Å². The molecular weight excluding hydrogens is 286 g/mol. The van der Waals surface area contributed by atoms with Crippen LogP contribution in [0.5, 0.6) is 0 Å². The van der Waals surface area contributed by atoms with E-state index in [0.717, 1.165) is 25.7 Å². The third-order valence-electron chi connectivity index (χ3n) is 3.21. The Labute approximate surface area is 131 Å². The standard InChI is InChI=1S/C15H27N3O4/c1-15(2,3)22-14(21)17-9-12(19)16-10-13(20)18-11-7-5-4-6-8-11/h11H,4-10H2,1-3H3,(H,16,19)(H,17,21)(H,18,20). The maximum Gasteiger partial charge on any atom is 0.408 e. The van der Waals surface area contributed by atoms with Crippen LogP contribution >= 0.6 is 0 Å². The Hall–Kier alpha value is -1.79. The Morgan fingerprint density at radius 3 is 2.14 bits per heavy atom. The molecule has 0 bridgehead atoms. The quantitative estimate of drug-likeness (QED) is 0.707. The Balaban J connectivity index is 2.14. The summed E-state index contributed by atoms with van der Waals surface area (Å²) in [5, 5.41) is 7.71. The number of amides is 3. The lowest BCUT2D eigenvalue weighted by Gasteiger charge is -2.22. The number of nitrogens with one attached hydrogen (secondary N) is 3. The molecular formula is C15H27N3O4. The normalized spacial score (nSPS) is 15.8. The molecule has 0 spiro atoms. The lowest BCUT2D eigenvalue weighted by molar-refractivity contribution is -0.126. The first-order chi connectivity index (χ1) is 10.3. The van der Waals surface area contributed by atoms with Crippen LogP contribution in [0.3, 0.4) is 0 Å². The summed E-state index contributed by atoms with van der Waals surface area (Å²) < 4.78 is 5.00. The van der Waals surface area contributed by atoms with Gasteiger partial charge in [0.1, 0.15) is 12.1 Å². The fourth-order valence-electron chi connectivity index (χ4n) is 2.23. The topological polar surface area (TPSA) is 96.5 Å². The average molecular weight is 313 g/mol. The molecule has 0 atom stereocenters. The van der Waals surface area contributed by atoms with Gasteiger partial charge in [-0.15, -0.1) is 0 Å². The van der Waals surface area contributed by atoms with Crippen molar-refractivity contribution in [3.8, 4) is 0 Å². The molecule has 0 saturated heterocycles. The fourth-order valence-corrected chi connectivity index (χ4v) is 2.23. The predicted octanol–water partition coefficient (Wildman–Crippen LogP) is 1.08. The molecule has 0 aromatic rings. The number of hydrogen-bond acceptors (Lipinski definition) is 4. The van der Waals surface area contributed by atoms with Crippen LogP contribution in [0.15, 0.2) is 0 Å². The van der Waals surface area contributed by atoms with Crippen molar-refractivity contribution in [3.63, 3.8) is 0 Å². The minimum absolute atomic E-state index is 0.0780. The summed E-state index contributed by atoms with van der Waals surface area (Å²) in [6, 6.07) is 0.220. The minimum Gasteiger partial charge on any atom is -0.444 e. The third-order valence-corrected chi connectivity index (χ3v) is 3.21. The van der Waals surface area contributed by atoms with Crippen LogP contribution in [0.2, 0.25) is 0 Å². The summed E-state index contributed by atoms with van der Waals surface area (Å²) in [6.45, 7) is 4.92. The zero-order valence-electron chi connectivity index (χ0n) is 13.7. The maximum atomic E-state index is 11.7. The molecule has 0 heterocycles. The van der Waals surface area contributed by atoms with Crippen LogP contribution in [0.4, 0.5) is 4.79 Å². The van der Waals surface area contributed by atoms with Crippen molar-refractivity contribution in [2.45, 2.75) is 64.5 Å². The van der Waals surface area contributed by atoms with Crippen molar-refractivity contribution < 1.29 is 19.1 Å². The number of carbonyl (C=O) groups excluding carboxylic acids is 3. The van der Waals surface area contributed by atoms with E-state index in [-0.39, 0.29) is 25.0 Å². The maximum absolute atomic E-state index is 11.7. The minimum atomic E-state index is -0.658. The number of ether oxygens (including phenoxy) is 1. The van der Waals surface area contributed by atoms with Crippen LogP contribution in [0, 0.1) is 0 Å². The van der Waals surface area contributed by atoms with Crippen LogP contribution in [0.25, 0.3) is 0 Å². The summed E-state index contributed by atoms with van der Waals surface area (Å²) in [7, 11) is 0. The highest BCUT2D eigenvalue weighted by Gasteiger charge is 2.18. The predicted molar refractivity (Wildman–Crippen MR) is 82.3 cm³/mol. The van der Waals surface area contributed by atoms with Gasteiger partial charge in [0.15, 0.2) is 0 Å². The molecule has 0 aliphatic heterocycles. The Kier molecular flexibility index (Phi) is 7.14. The SMILES string of the molecule is CC(C)(C)OC(=O)NCC(=O)NCC(=O)NC1CCCCC1. The molecule has 1 aliphatic carbocycles. The van der Waals surface area contributed by atoms with Gasteiger partial charge in [-0.1, -0.05) is 19.3 Å². The van der Waals surface area contributed by atoms with E-state index in [1.807, 2.05) is 0 Å². The van der Waals surface area contributed by atoms with Gasteiger partial charge in [0.2, 0.25) is 11.8 Å². The lowest BCUT2D eigenvalue weighted by atomic mass is 9.95. The van der Waals surface area contributed by atoms with E-state index in [4.69, 9.17) is 4.74 Å². The van der Waals surface area contributed by atoms with Gasteiger partial charge < -0.3 is 20.7 Å². The molecule has 0 aromatic heterocycles. The third kappa shape index (κ3) is 8.49. The highest BCUT2D eigenvalue weighted by Crippen LogP contribution is 2.17. The van der Waals surface area contributed by atoms with Gasteiger partial charge in [0, 0.05) is 6.04 Å². The van der Waals surface area contributed by atoms with Crippen molar-refractivity contribution in [3.05, 3.63) is 0 Å². The molecule has 22 heavy (non-hydrogen) atoms. The molecule has 3 amide bonds. The van der Waals surface area contributed by atoms with E-state index in [9.17, 15) is 14.4 Å². The molecule has 1 fully saturated rings. The van der Waals surface area contributed by atoms with E-state index in [1.54, 1.807) is 20.8 Å². The second-order valence-electron chi connectivity index (χ2n) is 6.53. The number of rotatable bonds is 5. The van der Waals surface area contributed by atoms with Crippen molar-refractivity contribution >= 4 is 17.9 Å². The van der Waals surface area contributed by atoms with E-state index >= 15 is 0 Å². The molecule has 1 aliphatic rings. The summed E-state index contributed by atoms with van der Waals surface area (Å²) in [6.07, 6.45) is 4.84. The summed E-state index contributed by atoms with van der Waals surface area (Å²) >= 11 is 0. The molecule has 0 radical (unpaired) electrons. The average Bonchev–Trinajstić information content (AvgIpc) is 2.42. The lowest BCUT2D eigenvalue weighted by Crippen LogP contribution is -2.45. The first-order valence-electron chi connectivity index (χ1n) is 7.79. The largest absolute Gasteiger partial charge is 0.444 e. The molecule has 1 rings (SSSR count). The fraction of sp³-hybridized carbons (Fsp3) is 0.800. The molecule has 1 saturated carbocycles. The molecule has 7 nitrogen and oxygen atoms in total. The van der Waals surface area contributed by atoms with Gasteiger partial charge >= 0.3 is 6.09 Å². The van der Waals surface area contributed by atoms with Crippen molar-refractivity contribution in [2.75, 3.05) is 13.1 Å². The van der Waals surface area contributed by atoms with Gasteiger partial charge in [-0.05, 0) is 33.6 Å². The van der Waals surface area contributed by atoms with E-state index in [0.29, 0.717) is 0 Å².